The van der Waals surface area contributed by atoms with Gasteiger partial charge in [0.25, 0.3) is 0 Å². The molecule has 0 spiro atoms. The normalized spacial score (nSPS) is 21.2. The Morgan fingerprint density at radius 2 is 2.39 bits per heavy atom. The van der Waals surface area contributed by atoms with Crippen molar-refractivity contribution < 1.29 is 4.74 Å². The van der Waals surface area contributed by atoms with Gasteiger partial charge in [0.1, 0.15) is 0 Å². The first-order valence-corrected chi connectivity index (χ1v) is 7.61. The number of nitrogens with one attached hydrogen (secondary N) is 1. The number of hydrogen-bond acceptors (Lipinski definition) is 2. The molecule has 1 aromatic carbocycles. The summed E-state index contributed by atoms with van der Waals surface area (Å²) in [4.78, 5) is 0. The molecular weight excluding hydrogens is 314 g/mol. The van der Waals surface area contributed by atoms with Crippen molar-refractivity contribution in [2.75, 3.05) is 13.7 Å². The summed E-state index contributed by atoms with van der Waals surface area (Å²) in [6.07, 6.45) is 4.99. The van der Waals surface area contributed by atoms with Crippen molar-refractivity contribution in [2.24, 2.45) is 0 Å². The van der Waals surface area contributed by atoms with E-state index in [1.165, 1.54) is 18.4 Å². The Morgan fingerprint density at radius 3 is 3.00 bits per heavy atom. The van der Waals surface area contributed by atoms with Crippen LogP contribution in [-0.4, -0.2) is 19.8 Å². The standard InChI is InChI=1S/C14H19BrClNO/c1-17-14(7-5-11-3-2-8-18-11)12-6-4-10(15)9-13(12)16/h4,6,9,11,14,17H,2-3,5,7-8H2,1H3. The summed E-state index contributed by atoms with van der Waals surface area (Å²) in [6.45, 7) is 0.925. The minimum atomic E-state index is 0.301. The molecule has 0 radical (unpaired) electrons. The summed E-state index contributed by atoms with van der Waals surface area (Å²) in [6, 6.07) is 6.38. The molecule has 18 heavy (non-hydrogen) atoms. The molecule has 1 aliphatic heterocycles. The minimum Gasteiger partial charge on any atom is -0.378 e. The van der Waals surface area contributed by atoms with Crippen LogP contribution in [0.1, 0.15) is 37.3 Å². The summed E-state index contributed by atoms with van der Waals surface area (Å²) in [5, 5.41) is 4.16. The van der Waals surface area contributed by atoms with Crippen LogP contribution in [0.4, 0.5) is 0 Å². The highest BCUT2D eigenvalue weighted by Crippen LogP contribution is 2.30. The van der Waals surface area contributed by atoms with E-state index in [1.807, 2.05) is 19.2 Å². The number of hydrogen-bond donors (Lipinski definition) is 1. The molecule has 2 atom stereocenters. The summed E-state index contributed by atoms with van der Waals surface area (Å²) < 4.78 is 6.68. The van der Waals surface area contributed by atoms with Crippen molar-refractivity contribution in [1.29, 1.82) is 0 Å². The number of rotatable bonds is 5. The van der Waals surface area contributed by atoms with Crippen LogP contribution in [0, 0.1) is 0 Å². The van der Waals surface area contributed by atoms with Crippen LogP contribution in [-0.2, 0) is 4.74 Å². The lowest BCUT2D eigenvalue weighted by atomic mass is 9.99. The topological polar surface area (TPSA) is 21.3 Å². The van der Waals surface area contributed by atoms with Crippen LogP contribution < -0.4 is 5.32 Å². The smallest absolute Gasteiger partial charge is 0.0576 e. The lowest BCUT2D eigenvalue weighted by molar-refractivity contribution is 0.0998. The second-order valence-corrected chi connectivity index (χ2v) is 6.04. The van der Waals surface area contributed by atoms with E-state index < -0.39 is 0 Å². The second-order valence-electron chi connectivity index (χ2n) is 4.72. The lowest BCUT2D eigenvalue weighted by Crippen LogP contribution is -2.19. The van der Waals surface area contributed by atoms with E-state index in [4.69, 9.17) is 16.3 Å². The molecule has 0 bridgehead atoms. The summed E-state index contributed by atoms with van der Waals surface area (Å²) >= 11 is 9.73. The zero-order valence-electron chi connectivity index (χ0n) is 10.6. The molecule has 2 nitrogen and oxygen atoms in total. The van der Waals surface area contributed by atoms with E-state index in [0.29, 0.717) is 12.1 Å². The third-order valence-electron chi connectivity index (χ3n) is 3.49. The zero-order chi connectivity index (χ0) is 13.0. The van der Waals surface area contributed by atoms with Gasteiger partial charge in [-0.15, -0.1) is 0 Å². The lowest BCUT2D eigenvalue weighted by Gasteiger charge is -2.20. The van der Waals surface area contributed by atoms with Crippen LogP contribution >= 0.6 is 27.5 Å². The maximum atomic E-state index is 6.30. The molecule has 1 fully saturated rings. The highest BCUT2D eigenvalue weighted by molar-refractivity contribution is 9.10. The Hall–Kier alpha value is -0.0900. The van der Waals surface area contributed by atoms with Gasteiger partial charge in [-0.25, -0.2) is 0 Å². The van der Waals surface area contributed by atoms with Crippen LogP contribution in [0.25, 0.3) is 0 Å². The summed E-state index contributed by atoms with van der Waals surface area (Å²) in [5.74, 6) is 0. The van der Waals surface area contributed by atoms with Gasteiger partial charge in [0.15, 0.2) is 0 Å². The minimum absolute atomic E-state index is 0.301. The highest BCUT2D eigenvalue weighted by Gasteiger charge is 2.19. The van der Waals surface area contributed by atoms with Crippen molar-refractivity contribution in [3.05, 3.63) is 33.3 Å². The predicted octanol–water partition coefficient (Wildman–Crippen LogP) is 4.32. The molecule has 1 saturated heterocycles. The summed E-state index contributed by atoms with van der Waals surface area (Å²) in [5.41, 5.74) is 1.17. The van der Waals surface area contributed by atoms with E-state index in [9.17, 15) is 0 Å². The van der Waals surface area contributed by atoms with E-state index in [2.05, 4.69) is 27.3 Å². The first-order chi connectivity index (χ1) is 8.70. The van der Waals surface area contributed by atoms with Gasteiger partial charge in [0, 0.05) is 22.1 Å². The number of halogens is 2. The van der Waals surface area contributed by atoms with Crippen LogP contribution in [0.2, 0.25) is 5.02 Å². The van der Waals surface area contributed by atoms with Gasteiger partial charge in [-0.05, 0) is 50.4 Å². The maximum Gasteiger partial charge on any atom is 0.0576 e. The number of ether oxygens (including phenoxy) is 1. The highest BCUT2D eigenvalue weighted by atomic mass is 79.9. The fourth-order valence-electron chi connectivity index (χ4n) is 2.46. The third-order valence-corrected chi connectivity index (χ3v) is 4.31. The Labute approximate surface area is 122 Å². The largest absolute Gasteiger partial charge is 0.378 e. The third kappa shape index (κ3) is 3.70. The Kier molecular flexibility index (Phi) is 5.49. The van der Waals surface area contributed by atoms with Gasteiger partial charge < -0.3 is 10.1 Å². The van der Waals surface area contributed by atoms with E-state index in [0.717, 1.165) is 28.9 Å². The molecule has 0 aliphatic carbocycles. The molecule has 1 heterocycles. The van der Waals surface area contributed by atoms with Crippen molar-refractivity contribution >= 4 is 27.5 Å². The Morgan fingerprint density at radius 1 is 1.56 bits per heavy atom. The molecule has 0 aromatic heterocycles. The van der Waals surface area contributed by atoms with Crippen molar-refractivity contribution in [1.82, 2.24) is 5.32 Å². The van der Waals surface area contributed by atoms with E-state index in [-0.39, 0.29) is 0 Å². The second kappa shape index (κ2) is 6.90. The van der Waals surface area contributed by atoms with Crippen molar-refractivity contribution in [2.45, 2.75) is 37.8 Å². The maximum absolute atomic E-state index is 6.30. The molecule has 2 unspecified atom stereocenters. The first-order valence-electron chi connectivity index (χ1n) is 6.44. The zero-order valence-corrected chi connectivity index (χ0v) is 12.9. The molecule has 1 N–H and O–H groups in total. The van der Waals surface area contributed by atoms with Gasteiger partial charge in [0.05, 0.1) is 6.10 Å². The molecular formula is C14H19BrClNO. The van der Waals surface area contributed by atoms with E-state index in [1.54, 1.807) is 0 Å². The van der Waals surface area contributed by atoms with Crippen LogP contribution in [0.15, 0.2) is 22.7 Å². The van der Waals surface area contributed by atoms with Gasteiger partial charge in [-0.3, -0.25) is 0 Å². The van der Waals surface area contributed by atoms with Crippen LogP contribution in [0.3, 0.4) is 0 Å². The molecule has 4 heteroatoms. The molecule has 1 aromatic rings. The first kappa shape index (κ1) is 14.3. The molecule has 2 rings (SSSR count). The average Bonchev–Trinajstić information content (AvgIpc) is 2.85. The SMILES string of the molecule is CNC(CCC1CCCO1)c1ccc(Br)cc1Cl. The monoisotopic (exact) mass is 331 g/mol. The number of benzene rings is 1. The van der Waals surface area contributed by atoms with Crippen molar-refractivity contribution in [3.63, 3.8) is 0 Å². The average molecular weight is 333 g/mol. The Bertz CT molecular complexity index is 393. The quantitative estimate of drug-likeness (QED) is 0.867. The predicted molar refractivity (Wildman–Crippen MR) is 79.2 cm³/mol. The Balaban J connectivity index is 1.98. The van der Waals surface area contributed by atoms with E-state index >= 15 is 0 Å². The molecule has 0 amide bonds. The van der Waals surface area contributed by atoms with Crippen LogP contribution in [0.5, 0.6) is 0 Å². The summed E-state index contributed by atoms with van der Waals surface area (Å²) in [7, 11) is 1.98. The van der Waals surface area contributed by atoms with Gasteiger partial charge in [-0.2, -0.15) is 0 Å². The fourth-order valence-corrected chi connectivity index (χ4v) is 3.27. The van der Waals surface area contributed by atoms with Gasteiger partial charge in [-0.1, -0.05) is 33.6 Å². The molecule has 1 aliphatic rings. The van der Waals surface area contributed by atoms with Crippen molar-refractivity contribution in [3.8, 4) is 0 Å². The van der Waals surface area contributed by atoms with Gasteiger partial charge in [0.2, 0.25) is 0 Å². The van der Waals surface area contributed by atoms with Gasteiger partial charge >= 0.3 is 0 Å². The molecule has 0 saturated carbocycles. The fraction of sp³-hybridized carbons (Fsp3) is 0.571. The molecule has 100 valence electrons.